The fraction of sp³-hybridized carbons (Fsp3) is 0.647. The van der Waals surface area contributed by atoms with Gasteiger partial charge >= 0.3 is 0 Å². The predicted molar refractivity (Wildman–Crippen MR) is 86.9 cm³/mol. The molecule has 0 spiro atoms. The van der Waals surface area contributed by atoms with Gasteiger partial charge in [-0.15, -0.1) is 11.6 Å². The van der Waals surface area contributed by atoms with Crippen LogP contribution in [0.3, 0.4) is 0 Å². The summed E-state index contributed by atoms with van der Waals surface area (Å²) in [6.07, 6.45) is 2.38. The van der Waals surface area contributed by atoms with Gasteiger partial charge in [-0.1, -0.05) is 30.3 Å². The summed E-state index contributed by atoms with van der Waals surface area (Å²) in [5.74, 6) is 0. The maximum absolute atomic E-state index is 6.35. The van der Waals surface area contributed by atoms with Crippen LogP contribution >= 0.6 is 11.6 Å². The quantitative estimate of drug-likeness (QED) is 0.796. The molecule has 3 nitrogen and oxygen atoms in total. The molecule has 2 fully saturated rings. The molecule has 0 saturated carbocycles. The van der Waals surface area contributed by atoms with Crippen LogP contribution in [-0.2, 0) is 4.74 Å². The van der Waals surface area contributed by atoms with Gasteiger partial charge in [-0.2, -0.15) is 0 Å². The van der Waals surface area contributed by atoms with Crippen molar-refractivity contribution in [1.29, 1.82) is 0 Å². The number of hydrogen-bond acceptors (Lipinski definition) is 3. The Labute approximate surface area is 132 Å². The van der Waals surface area contributed by atoms with Gasteiger partial charge in [0.05, 0.1) is 13.2 Å². The molecule has 0 radical (unpaired) electrons. The van der Waals surface area contributed by atoms with Gasteiger partial charge in [0.25, 0.3) is 0 Å². The molecule has 2 aliphatic rings. The van der Waals surface area contributed by atoms with Crippen LogP contribution < -0.4 is 0 Å². The topological polar surface area (TPSA) is 15.7 Å². The van der Waals surface area contributed by atoms with Gasteiger partial charge in [-0.3, -0.25) is 9.80 Å². The van der Waals surface area contributed by atoms with E-state index >= 15 is 0 Å². The molecule has 1 unspecified atom stereocenters. The third kappa shape index (κ3) is 4.19. The predicted octanol–water partition coefficient (Wildman–Crippen LogP) is 2.76. The second-order valence-corrected chi connectivity index (χ2v) is 6.69. The highest BCUT2D eigenvalue weighted by atomic mass is 35.5. The van der Waals surface area contributed by atoms with Crippen molar-refractivity contribution in [3.05, 3.63) is 35.9 Å². The molecule has 0 bridgehead atoms. The van der Waals surface area contributed by atoms with Crippen molar-refractivity contribution < 1.29 is 4.74 Å². The second-order valence-electron chi connectivity index (χ2n) is 6.07. The third-order valence-corrected chi connectivity index (χ3v) is 4.91. The molecule has 0 amide bonds. The molecule has 21 heavy (non-hydrogen) atoms. The number of rotatable bonds is 4. The first-order valence-electron chi connectivity index (χ1n) is 8.06. The summed E-state index contributed by atoms with van der Waals surface area (Å²) in [5, 5.41) is 0.319. The van der Waals surface area contributed by atoms with E-state index in [4.69, 9.17) is 16.3 Å². The molecule has 0 aliphatic carbocycles. The summed E-state index contributed by atoms with van der Waals surface area (Å²) in [4.78, 5) is 5.10. The van der Waals surface area contributed by atoms with Gasteiger partial charge in [0.15, 0.2) is 0 Å². The monoisotopic (exact) mass is 308 g/mol. The zero-order valence-corrected chi connectivity index (χ0v) is 13.3. The van der Waals surface area contributed by atoms with Gasteiger partial charge in [-0.05, 0) is 24.9 Å². The van der Waals surface area contributed by atoms with Crippen LogP contribution in [0.1, 0.15) is 24.4 Å². The first-order valence-corrected chi connectivity index (χ1v) is 8.50. The number of alkyl halides is 1. The zero-order valence-electron chi connectivity index (χ0n) is 12.6. The number of nitrogens with zero attached hydrogens (tertiary/aromatic N) is 2. The van der Waals surface area contributed by atoms with Crippen LogP contribution in [0.15, 0.2) is 30.3 Å². The summed E-state index contributed by atoms with van der Waals surface area (Å²) in [7, 11) is 0. The lowest BCUT2D eigenvalue weighted by Crippen LogP contribution is -2.46. The molecule has 1 aromatic carbocycles. The maximum atomic E-state index is 6.35. The van der Waals surface area contributed by atoms with E-state index in [1.807, 2.05) is 0 Å². The lowest BCUT2D eigenvalue weighted by Gasteiger charge is -2.39. The minimum atomic E-state index is 0.319. The molecule has 0 aromatic heterocycles. The largest absolute Gasteiger partial charge is 0.379 e. The molecular weight excluding hydrogens is 284 g/mol. The summed E-state index contributed by atoms with van der Waals surface area (Å²) in [5.41, 5.74) is 1.41. The summed E-state index contributed by atoms with van der Waals surface area (Å²) in [6.45, 7) is 7.03. The average molecular weight is 309 g/mol. The normalized spacial score (nSPS) is 26.6. The highest BCUT2D eigenvalue weighted by Gasteiger charge is 2.27. The lowest BCUT2D eigenvalue weighted by molar-refractivity contribution is 0.00627. The third-order valence-electron chi connectivity index (χ3n) is 4.55. The van der Waals surface area contributed by atoms with E-state index < -0.39 is 0 Å². The Morgan fingerprint density at radius 2 is 1.90 bits per heavy atom. The molecular formula is C17H25ClN2O. The standard InChI is InChI=1S/C17H25ClN2O/c18-16-7-4-8-19(13-16)14-17(15-5-2-1-3-6-15)20-9-11-21-12-10-20/h1-3,5-6,16-17H,4,7-14H2/t16-,17?/m1/s1. The molecule has 4 heteroatoms. The SMILES string of the molecule is Cl[C@@H]1CCCN(CC(c2ccccc2)N2CCOCC2)C1. The van der Waals surface area contributed by atoms with Crippen molar-refractivity contribution in [3.8, 4) is 0 Å². The molecule has 2 heterocycles. The summed E-state index contributed by atoms with van der Waals surface area (Å²) in [6, 6.07) is 11.3. The van der Waals surface area contributed by atoms with Crippen molar-refractivity contribution >= 4 is 11.6 Å². The van der Waals surface area contributed by atoms with Crippen molar-refractivity contribution in [2.75, 3.05) is 45.9 Å². The minimum absolute atomic E-state index is 0.319. The van der Waals surface area contributed by atoms with E-state index in [9.17, 15) is 0 Å². The lowest BCUT2D eigenvalue weighted by atomic mass is 10.0. The number of ether oxygens (including phenoxy) is 1. The van der Waals surface area contributed by atoms with E-state index in [2.05, 4.69) is 40.1 Å². The number of hydrogen-bond donors (Lipinski definition) is 0. The van der Waals surface area contributed by atoms with Crippen molar-refractivity contribution in [2.24, 2.45) is 0 Å². The smallest absolute Gasteiger partial charge is 0.0594 e. The zero-order chi connectivity index (χ0) is 14.5. The van der Waals surface area contributed by atoms with Crippen LogP contribution in [0, 0.1) is 0 Å². The van der Waals surface area contributed by atoms with Gasteiger partial charge < -0.3 is 4.74 Å². The van der Waals surface area contributed by atoms with Crippen LogP contribution in [0.25, 0.3) is 0 Å². The van der Waals surface area contributed by atoms with Crippen LogP contribution in [0.2, 0.25) is 0 Å². The first-order chi connectivity index (χ1) is 10.3. The Morgan fingerprint density at radius 3 is 2.62 bits per heavy atom. The van der Waals surface area contributed by atoms with E-state index in [1.165, 1.54) is 18.5 Å². The summed E-state index contributed by atoms with van der Waals surface area (Å²) < 4.78 is 5.52. The highest BCUT2D eigenvalue weighted by Crippen LogP contribution is 2.25. The van der Waals surface area contributed by atoms with Crippen LogP contribution in [0.5, 0.6) is 0 Å². The van der Waals surface area contributed by atoms with E-state index in [0.717, 1.165) is 45.8 Å². The van der Waals surface area contributed by atoms with Gasteiger partial charge in [0.2, 0.25) is 0 Å². The molecule has 2 aliphatic heterocycles. The summed E-state index contributed by atoms with van der Waals surface area (Å²) >= 11 is 6.35. The Morgan fingerprint density at radius 1 is 1.14 bits per heavy atom. The van der Waals surface area contributed by atoms with Crippen molar-refractivity contribution in [2.45, 2.75) is 24.3 Å². The Balaban J connectivity index is 1.72. The fourth-order valence-electron chi connectivity index (χ4n) is 3.41. The number of halogens is 1. The fourth-order valence-corrected chi connectivity index (χ4v) is 3.76. The van der Waals surface area contributed by atoms with E-state index in [-0.39, 0.29) is 0 Å². The molecule has 0 N–H and O–H groups in total. The van der Waals surface area contributed by atoms with E-state index in [0.29, 0.717) is 11.4 Å². The minimum Gasteiger partial charge on any atom is -0.379 e. The number of benzene rings is 1. The highest BCUT2D eigenvalue weighted by molar-refractivity contribution is 6.20. The van der Waals surface area contributed by atoms with Crippen molar-refractivity contribution in [3.63, 3.8) is 0 Å². The van der Waals surface area contributed by atoms with Gasteiger partial charge in [0.1, 0.15) is 0 Å². The number of piperidine rings is 1. The maximum Gasteiger partial charge on any atom is 0.0594 e. The molecule has 3 rings (SSSR count). The number of likely N-dealkylation sites (tertiary alicyclic amines) is 1. The molecule has 2 saturated heterocycles. The van der Waals surface area contributed by atoms with E-state index in [1.54, 1.807) is 0 Å². The van der Waals surface area contributed by atoms with Crippen LogP contribution in [0.4, 0.5) is 0 Å². The van der Waals surface area contributed by atoms with Gasteiger partial charge in [-0.25, -0.2) is 0 Å². The second kappa shape index (κ2) is 7.59. The van der Waals surface area contributed by atoms with Crippen LogP contribution in [-0.4, -0.2) is 61.1 Å². The Bertz CT molecular complexity index is 422. The van der Waals surface area contributed by atoms with Gasteiger partial charge in [0, 0.05) is 37.6 Å². The Kier molecular flexibility index (Phi) is 5.53. The first kappa shape index (κ1) is 15.3. The molecule has 1 aromatic rings. The molecule has 2 atom stereocenters. The van der Waals surface area contributed by atoms with Crippen molar-refractivity contribution in [1.82, 2.24) is 9.80 Å². The number of morpholine rings is 1. The average Bonchev–Trinajstić information content (AvgIpc) is 2.54. The molecule has 116 valence electrons. The Hall–Kier alpha value is -0.610.